The Morgan fingerprint density at radius 2 is 1.81 bits per heavy atom. The number of rotatable bonds is 4. The molecule has 2 rings (SSSR count). The summed E-state index contributed by atoms with van der Waals surface area (Å²) in [6, 6.07) is 7.82. The lowest BCUT2D eigenvalue weighted by molar-refractivity contribution is -0.112. The number of ether oxygens (including phenoxy) is 1. The van der Waals surface area contributed by atoms with Crippen LogP contribution in [0.3, 0.4) is 0 Å². The first-order valence-corrected chi connectivity index (χ1v) is 9.35. The summed E-state index contributed by atoms with van der Waals surface area (Å²) in [6.45, 7) is 0. The zero-order valence-electron chi connectivity index (χ0n) is 12.6. The van der Waals surface area contributed by atoms with Gasteiger partial charge in [0.1, 0.15) is 5.75 Å². The molecule has 1 aromatic carbocycles. The first-order valence-electron chi connectivity index (χ1n) is 6.90. The normalized spacial score (nSPS) is 17.2. The van der Waals surface area contributed by atoms with Crippen molar-refractivity contribution in [3.05, 3.63) is 45.2 Å². The van der Waals surface area contributed by atoms with E-state index in [1.165, 1.54) is 0 Å². The monoisotopic (exact) mass is 320 g/mol. The van der Waals surface area contributed by atoms with E-state index in [1.54, 1.807) is 30.6 Å². The number of hydrogen-bond acceptors (Lipinski definition) is 4. The van der Waals surface area contributed by atoms with Gasteiger partial charge in [-0.15, -0.1) is 23.5 Å². The lowest BCUT2D eigenvalue weighted by Crippen LogP contribution is -2.13. The van der Waals surface area contributed by atoms with E-state index < -0.39 is 0 Å². The Morgan fingerprint density at radius 3 is 2.38 bits per heavy atom. The molecule has 1 aromatic rings. The number of carbonyl (C=O) groups is 1. The Hall–Kier alpha value is -1.13. The largest absolute Gasteiger partial charge is 0.497 e. The van der Waals surface area contributed by atoms with Crippen molar-refractivity contribution in [1.29, 1.82) is 0 Å². The van der Waals surface area contributed by atoms with Crippen LogP contribution in [0, 0.1) is 0 Å². The van der Waals surface area contributed by atoms with E-state index in [1.807, 2.05) is 42.9 Å². The SMILES string of the molecule is COc1ccc(C=C2CCCC(=C(SC)SC)C2=O)cc1. The quantitative estimate of drug-likeness (QED) is 0.747. The highest BCUT2D eigenvalue weighted by molar-refractivity contribution is 8.21. The Balaban J connectivity index is 2.28. The molecule has 21 heavy (non-hydrogen) atoms. The van der Waals surface area contributed by atoms with Crippen molar-refractivity contribution in [2.75, 3.05) is 19.6 Å². The maximum atomic E-state index is 12.6. The Kier molecular flexibility index (Phi) is 6.00. The summed E-state index contributed by atoms with van der Waals surface area (Å²) in [4.78, 5) is 12.6. The van der Waals surface area contributed by atoms with E-state index in [2.05, 4.69) is 0 Å². The van der Waals surface area contributed by atoms with Crippen LogP contribution in [0.4, 0.5) is 0 Å². The molecular formula is C17H20O2S2. The molecule has 1 aliphatic rings. The maximum absolute atomic E-state index is 12.6. The summed E-state index contributed by atoms with van der Waals surface area (Å²) in [5.74, 6) is 1.05. The Labute approximate surface area is 135 Å². The van der Waals surface area contributed by atoms with Gasteiger partial charge in [0, 0.05) is 15.4 Å². The van der Waals surface area contributed by atoms with E-state index in [4.69, 9.17) is 4.74 Å². The molecule has 0 heterocycles. The Morgan fingerprint density at radius 1 is 1.14 bits per heavy atom. The van der Waals surface area contributed by atoms with Gasteiger partial charge in [0.2, 0.25) is 0 Å². The highest BCUT2D eigenvalue weighted by Crippen LogP contribution is 2.36. The molecule has 0 bridgehead atoms. The first-order chi connectivity index (χ1) is 10.2. The van der Waals surface area contributed by atoms with Gasteiger partial charge in [-0.3, -0.25) is 4.79 Å². The van der Waals surface area contributed by atoms with E-state index in [0.29, 0.717) is 0 Å². The number of thioether (sulfide) groups is 2. The summed E-state index contributed by atoms with van der Waals surface area (Å²) >= 11 is 3.34. The average Bonchev–Trinajstić information content (AvgIpc) is 2.52. The van der Waals surface area contributed by atoms with Crippen molar-refractivity contribution in [1.82, 2.24) is 0 Å². The van der Waals surface area contributed by atoms with Crippen molar-refractivity contribution in [3.8, 4) is 5.75 Å². The molecule has 112 valence electrons. The van der Waals surface area contributed by atoms with E-state index in [9.17, 15) is 4.79 Å². The van der Waals surface area contributed by atoms with Crippen LogP contribution < -0.4 is 4.74 Å². The number of ketones is 1. The molecule has 0 spiro atoms. The van der Waals surface area contributed by atoms with Crippen LogP contribution in [-0.4, -0.2) is 25.4 Å². The van der Waals surface area contributed by atoms with Crippen molar-refractivity contribution in [3.63, 3.8) is 0 Å². The highest BCUT2D eigenvalue weighted by atomic mass is 32.2. The van der Waals surface area contributed by atoms with Gasteiger partial charge in [0.15, 0.2) is 5.78 Å². The molecule has 1 saturated carbocycles. The van der Waals surface area contributed by atoms with Gasteiger partial charge in [-0.25, -0.2) is 0 Å². The van der Waals surface area contributed by atoms with Crippen LogP contribution in [0.1, 0.15) is 24.8 Å². The second-order valence-corrected chi connectivity index (χ2v) is 6.69. The van der Waals surface area contributed by atoms with Crippen LogP contribution in [0.2, 0.25) is 0 Å². The minimum absolute atomic E-state index is 0.218. The maximum Gasteiger partial charge on any atom is 0.186 e. The number of Topliss-reactive ketones (excluding diaryl/α,β-unsaturated/α-hetero) is 1. The van der Waals surface area contributed by atoms with Gasteiger partial charge >= 0.3 is 0 Å². The summed E-state index contributed by atoms with van der Waals surface area (Å²) in [7, 11) is 1.65. The molecule has 1 aliphatic carbocycles. The van der Waals surface area contributed by atoms with E-state index >= 15 is 0 Å². The molecule has 0 N–H and O–H groups in total. The minimum Gasteiger partial charge on any atom is -0.497 e. The molecule has 0 atom stereocenters. The molecule has 0 amide bonds. The van der Waals surface area contributed by atoms with Gasteiger partial charge in [-0.05, 0) is 55.5 Å². The summed E-state index contributed by atoms with van der Waals surface area (Å²) in [5, 5.41) is 0. The zero-order chi connectivity index (χ0) is 15.2. The lowest BCUT2D eigenvalue weighted by atomic mass is 9.88. The van der Waals surface area contributed by atoms with Crippen molar-refractivity contribution < 1.29 is 9.53 Å². The number of methoxy groups -OCH3 is 1. The van der Waals surface area contributed by atoms with Crippen LogP contribution in [0.15, 0.2) is 39.6 Å². The standard InChI is InChI=1S/C17H20O2S2/c1-19-14-9-7-12(8-10-14)11-13-5-4-6-15(16(13)18)17(20-2)21-3/h7-11H,4-6H2,1-3H3. The molecule has 4 heteroatoms. The second-order valence-electron chi connectivity index (χ2n) is 4.80. The molecule has 0 saturated heterocycles. The van der Waals surface area contributed by atoms with Crippen LogP contribution in [0.5, 0.6) is 5.75 Å². The van der Waals surface area contributed by atoms with Crippen molar-refractivity contribution in [2.24, 2.45) is 0 Å². The molecule has 0 unspecified atom stereocenters. The van der Waals surface area contributed by atoms with Gasteiger partial charge in [0.25, 0.3) is 0 Å². The van der Waals surface area contributed by atoms with Gasteiger partial charge in [-0.1, -0.05) is 12.1 Å². The van der Waals surface area contributed by atoms with Gasteiger partial charge < -0.3 is 4.74 Å². The number of benzene rings is 1. The lowest BCUT2D eigenvalue weighted by Gasteiger charge is -2.19. The molecule has 1 fully saturated rings. The van der Waals surface area contributed by atoms with Crippen LogP contribution >= 0.6 is 23.5 Å². The first kappa shape index (κ1) is 16.2. The van der Waals surface area contributed by atoms with Gasteiger partial charge in [0.05, 0.1) is 7.11 Å². The molecule has 0 aliphatic heterocycles. The van der Waals surface area contributed by atoms with Crippen molar-refractivity contribution >= 4 is 35.4 Å². The fourth-order valence-electron chi connectivity index (χ4n) is 2.44. The van der Waals surface area contributed by atoms with Crippen molar-refractivity contribution in [2.45, 2.75) is 19.3 Å². The van der Waals surface area contributed by atoms with Crippen LogP contribution in [-0.2, 0) is 4.79 Å². The summed E-state index contributed by atoms with van der Waals surface area (Å²) in [6.07, 6.45) is 8.90. The molecule has 2 nitrogen and oxygen atoms in total. The third-order valence-electron chi connectivity index (χ3n) is 3.51. The average molecular weight is 320 g/mol. The third kappa shape index (κ3) is 3.95. The second kappa shape index (κ2) is 7.76. The smallest absolute Gasteiger partial charge is 0.186 e. The minimum atomic E-state index is 0.218. The van der Waals surface area contributed by atoms with Gasteiger partial charge in [-0.2, -0.15) is 0 Å². The van der Waals surface area contributed by atoms with E-state index in [-0.39, 0.29) is 5.78 Å². The number of hydrogen-bond donors (Lipinski definition) is 0. The zero-order valence-corrected chi connectivity index (χ0v) is 14.3. The summed E-state index contributed by atoms with van der Waals surface area (Å²) in [5.41, 5.74) is 2.96. The number of carbonyl (C=O) groups excluding carboxylic acids is 1. The predicted octanol–water partition coefficient (Wildman–Crippen LogP) is 4.77. The third-order valence-corrected chi connectivity index (χ3v) is 5.75. The fourth-order valence-corrected chi connectivity index (χ4v) is 3.99. The topological polar surface area (TPSA) is 26.3 Å². The van der Waals surface area contributed by atoms with E-state index in [0.717, 1.165) is 46.0 Å². The molecular weight excluding hydrogens is 300 g/mol. The number of allylic oxidation sites excluding steroid dienone is 2. The Bertz CT molecular complexity index is 565. The highest BCUT2D eigenvalue weighted by Gasteiger charge is 2.23. The van der Waals surface area contributed by atoms with Crippen LogP contribution in [0.25, 0.3) is 6.08 Å². The molecule has 0 aromatic heterocycles. The fraction of sp³-hybridized carbons (Fsp3) is 0.353. The predicted molar refractivity (Wildman–Crippen MR) is 93.9 cm³/mol. The summed E-state index contributed by atoms with van der Waals surface area (Å²) < 4.78 is 6.31. The molecule has 0 radical (unpaired) electrons.